The van der Waals surface area contributed by atoms with Crippen molar-refractivity contribution in [2.24, 2.45) is 0 Å². The lowest BCUT2D eigenvalue weighted by molar-refractivity contribution is 0.0531. The van der Waals surface area contributed by atoms with E-state index in [1.807, 2.05) is 12.1 Å². The fraction of sp³-hybridized carbons (Fsp3) is 0.409. The second-order valence-corrected chi connectivity index (χ2v) is 8.05. The Morgan fingerprint density at radius 3 is 2.73 bits per heavy atom. The number of anilines is 1. The number of rotatable bonds is 5. The first-order valence-electron chi connectivity index (χ1n) is 10.2. The molecule has 4 heterocycles. The summed E-state index contributed by atoms with van der Waals surface area (Å²) in [6.07, 6.45) is 0.428. The highest BCUT2D eigenvalue weighted by atomic mass is 35.5. The monoisotopic (exact) mass is 429 g/mol. The van der Waals surface area contributed by atoms with Crippen LogP contribution in [0, 0.1) is 0 Å². The third-order valence-corrected chi connectivity index (χ3v) is 5.88. The van der Waals surface area contributed by atoms with E-state index in [1.54, 1.807) is 0 Å². The third kappa shape index (κ3) is 3.98. The molecule has 2 atom stereocenters. The van der Waals surface area contributed by atoms with Gasteiger partial charge in [-0.2, -0.15) is 0 Å². The van der Waals surface area contributed by atoms with Crippen LogP contribution in [0.1, 0.15) is 6.42 Å². The lowest BCUT2D eigenvalue weighted by Gasteiger charge is -2.28. The Balaban J connectivity index is 1.36. The number of aliphatic hydroxyl groups excluding tert-OH is 1. The summed E-state index contributed by atoms with van der Waals surface area (Å²) in [5.74, 6) is 0.626. The van der Waals surface area contributed by atoms with Crippen molar-refractivity contribution in [1.29, 1.82) is 0 Å². The van der Waals surface area contributed by atoms with Gasteiger partial charge in [0.2, 0.25) is 0 Å². The van der Waals surface area contributed by atoms with Crippen LogP contribution in [0.4, 0.5) is 5.69 Å². The van der Waals surface area contributed by atoms with E-state index in [0.29, 0.717) is 23.9 Å². The van der Waals surface area contributed by atoms with Crippen LogP contribution in [-0.2, 0) is 9.47 Å². The minimum Gasteiger partial charge on any atom is -0.473 e. The third-order valence-electron chi connectivity index (χ3n) is 5.59. The topological polar surface area (TPSA) is 79.8 Å². The summed E-state index contributed by atoms with van der Waals surface area (Å²) in [6.45, 7) is 3.81. The van der Waals surface area contributed by atoms with Crippen molar-refractivity contribution in [1.82, 2.24) is 9.97 Å². The number of H-pyrrole nitrogens is 1. The zero-order valence-corrected chi connectivity index (χ0v) is 17.3. The van der Waals surface area contributed by atoms with Gasteiger partial charge in [-0.3, -0.25) is 0 Å². The van der Waals surface area contributed by atoms with E-state index >= 15 is 0 Å². The van der Waals surface area contributed by atoms with E-state index in [4.69, 9.17) is 30.8 Å². The maximum atomic E-state index is 9.20. The van der Waals surface area contributed by atoms with Crippen molar-refractivity contribution in [3.63, 3.8) is 0 Å². The van der Waals surface area contributed by atoms with E-state index in [2.05, 4.69) is 34.1 Å². The Bertz CT molecular complexity index is 1020. The van der Waals surface area contributed by atoms with Gasteiger partial charge in [-0.15, -0.1) is 0 Å². The van der Waals surface area contributed by atoms with Crippen LogP contribution in [0.25, 0.3) is 22.3 Å². The predicted molar refractivity (Wildman–Crippen MR) is 115 cm³/mol. The Labute approximate surface area is 179 Å². The van der Waals surface area contributed by atoms with Crippen molar-refractivity contribution >= 4 is 28.3 Å². The molecule has 1 unspecified atom stereocenters. The van der Waals surface area contributed by atoms with E-state index in [-0.39, 0.29) is 18.8 Å². The zero-order valence-electron chi connectivity index (χ0n) is 16.5. The summed E-state index contributed by atoms with van der Waals surface area (Å²) in [6, 6.07) is 12.1. The quantitative estimate of drug-likeness (QED) is 0.648. The van der Waals surface area contributed by atoms with Gasteiger partial charge in [0, 0.05) is 36.8 Å². The minimum atomic E-state index is -0.154. The second kappa shape index (κ2) is 8.43. The van der Waals surface area contributed by atoms with E-state index in [1.165, 1.54) is 5.69 Å². The fourth-order valence-electron chi connectivity index (χ4n) is 3.99. The maximum absolute atomic E-state index is 9.20. The zero-order chi connectivity index (χ0) is 20.5. The fourth-order valence-corrected chi connectivity index (χ4v) is 4.25. The van der Waals surface area contributed by atoms with Crippen LogP contribution in [0.2, 0.25) is 5.02 Å². The van der Waals surface area contributed by atoms with Gasteiger partial charge in [0.15, 0.2) is 5.88 Å². The Hall–Kier alpha value is -2.32. The molecule has 0 aliphatic carbocycles. The lowest BCUT2D eigenvalue weighted by atomic mass is 10.1. The molecule has 30 heavy (non-hydrogen) atoms. The molecule has 2 fully saturated rings. The molecule has 2 N–H and O–H groups in total. The van der Waals surface area contributed by atoms with Gasteiger partial charge in [0.05, 0.1) is 54.3 Å². The Morgan fingerprint density at radius 1 is 1.20 bits per heavy atom. The van der Waals surface area contributed by atoms with Crippen LogP contribution < -0.4 is 9.64 Å². The summed E-state index contributed by atoms with van der Waals surface area (Å²) >= 11 is 6.55. The maximum Gasteiger partial charge on any atom is 0.193 e. The molecular weight excluding hydrogens is 406 g/mol. The molecule has 2 saturated heterocycles. The number of halogens is 1. The molecule has 0 bridgehead atoms. The average Bonchev–Trinajstić information content (AvgIpc) is 3.40. The van der Waals surface area contributed by atoms with Gasteiger partial charge < -0.3 is 29.2 Å². The van der Waals surface area contributed by atoms with E-state index < -0.39 is 0 Å². The van der Waals surface area contributed by atoms with E-state index in [9.17, 15) is 5.11 Å². The molecule has 1 aromatic carbocycles. The van der Waals surface area contributed by atoms with Crippen molar-refractivity contribution in [2.75, 3.05) is 44.4 Å². The van der Waals surface area contributed by atoms with Crippen LogP contribution in [0.5, 0.6) is 5.88 Å². The highest BCUT2D eigenvalue weighted by molar-refractivity contribution is 6.33. The first-order valence-corrected chi connectivity index (χ1v) is 10.6. The van der Waals surface area contributed by atoms with Crippen molar-refractivity contribution in [2.45, 2.75) is 18.6 Å². The van der Waals surface area contributed by atoms with Crippen LogP contribution in [0.15, 0.2) is 36.4 Å². The number of nitrogens with one attached hydrogen (secondary N) is 1. The highest BCUT2D eigenvalue weighted by Crippen LogP contribution is 2.32. The first-order chi connectivity index (χ1) is 14.7. The molecule has 8 heteroatoms. The van der Waals surface area contributed by atoms with Crippen LogP contribution in [0.3, 0.4) is 0 Å². The predicted octanol–water partition coefficient (Wildman–Crippen LogP) is 3.25. The van der Waals surface area contributed by atoms with Gasteiger partial charge in [-0.25, -0.2) is 4.98 Å². The van der Waals surface area contributed by atoms with Gasteiger partial charge in [-0.1, -0.05) is 23.7 Å². The number of hydrogen-bond donors (Lipinski definition) is 2. The molecule has 0 radical (unpaired) electrons. The molecule has 5 rings (SSSR count). The molecule has 3 aromatic rings. The summed E-state index contributed by atoms with van der Waals surface area (Å²) in [4.78, 5) is 10.3. The second-order valence-electron chi connectivity index (χ2n) is 7.64. The number of aromatic amines is 1. The van der Waals surface area contributed by atoms with E-state index in [0.717, 1.165) is 48.6 Å². The SMILES string of the molecule is OCC1C[C@H](Oc2cc3nc(-c4ccc(N5CCOCC5)cc4)c(Cl)cc3[nH]2)CO1. The molecule has 2 aliphatic heterocycles. The molecule has 2 aromatic heterocycles. The summed E-state index contributed by atoms with van der Waals surface area (Å²) in [5, 5.41) is 9.79. The number of fused-ring (bicyclic) bond motifs is 1. The first kappa shape index (κ1) is 19.6. The number of pyridine rings is 1. The van der Waals surface area contributed by atoms with Gasteiger partial charge in [-0.05, 0) is 18.2 Å². The average molecular weight is 430 g/mol. The van der Waals surface area contributed by atoms with Crippen LogP contribution in [-0.4, -0.2) is 66.8 Å². The summed E-state index contributed by atoms with van der Waals surface area (Å²) < 4.78 is 16.9. The minimum absolute atomic E-state index is 0.0113. The van der Waals surface area contributed by atoms with Crippen molar-refractivity contribution in [3.05, 3.63) is 41.4 Å². The number of ether oxygens (including phenoxy) is 3. The summed E-state index contributed by atoms with van der Waals surface area (Å²) in [5.41, 5.74) is 4.50. The van der Waals surface area contributed by atoms with Crippen LogP contribution >= 0.6 is 11.6 Å². The molecule has 0 saturated carbocycles. The number of nitrogens with zero attached hydrogens (tertiary/aromatic N) is 2. The normalized spacial score (nSPS) is 22.0. The molecule has 0 amide bonds. The Morgan fingerprint density at radius 2 is 2.00 bits per heavy atom. The van der Waals surface area contributed by atoms with Crippen molar-refractivity contribution in [3.8, 4) is 17.1 Å². The highest BCUT2D eigenvalue weighted by Gasteiger charge is 2.27. The molecule has 2 aliphatic rings. The van der Waals surface area contributed by atoms with Gasteiger partial charge in [0.1, 0.15) is 6.10 Å². The standard InChI is InChI=1S/C22H24ClN3O4/c23-18-10-19-20(11-21(24-19)30-17-9-16(12-27)29-13-17)25-22(18)14-1-3-15(4-2-14)26-5-7-28-8-6-26/h1-4,10-11,16-17,24,27H,5-9,12-13H2/t16?,17-/m0/s1. The van der Waals surface area contributed by atoms with Gasteiger partial charge in [0.25, 0.3) is 0 Å². The molecule has 0 spiro atoms. The lowest BCUT2D eigenvalue weighted by Crippen LogP contribution is -2.36. The number of hydrogen-bond acceptors (Lipinski definition) is 6. The number of morpholine rings is 1. The summed E-state index contributed by atoms with van der Waals surface area (Å²) in [7, 11) is 0. The molecule has 158 valence electrons. The number of aliphatic hydroxyl groups is 1. The molecule has 7 nitrogen and oxygen atoms in total. The van der Waals surface area contributed by atoms with Crippen molar-refractivity contribution < 1.29 is 19.3 Å². The molecular formula is C22H24ClN3O4. The number of aromatic nitrogens is 2. The smallest absolute Gasteiger partial charge is 0.193 e. The number of benzene rings is 1. The largest absolute Gasteiger partial charge is 0.473 e. The van der Waals surface area contributed by atoms with Gasteiger partial charge >= 0.3 is 0 Å². The Kier molecular flexibility index (Phi) is 5.52.